The van der Waals surface area contributed by atoms with Crippen molar-refractivity contribution < 1.29 is 19.1 Å². The molecule has 0 heterocycles. The van der Waals surface area contributed by atoms with Gasteiger partial charge in [0, 0.05) is 6.92 Å². The molecule has 2 aromatic carbocycles. The van der Waals surface area contributed by atoms with E-state index >= 15 is 0 Å². The summed E-state index contributed by atoms with van der Waals surface area (Å²) in [5, 5.41) is 3.02. The molecule has 5 heteroatoms. The van der Waals surface area contributed by atoms with Crippen molar-refractivity contribution in [2.75, 3.05) is 13.2 Å². The molecule has 0 aliphatic heterocycles. The standard InChI is InChI=1S/C25H33NO4/c1-5-9-18(2)16-30-23-14-12-22(13-15-23)24(17-29-20(4)27)26-25(28)19(3)21-10-7-6-8-11-21/h6-8,10-15,18-19,24H,5,9,16-17H2,1-4H3,(H,26,28)/t18?,19-,24+/m0/s1. The molecule has 0 spiro atoms. The maximum Gasteiger partial charge on any atom is 0.302 e. The van der Waals surface area contributed by atoms with E-state index in [9.17, 15) is 9.59 Å². The molecule has 30 heavy (non-hydrogen) atoms. The molecule has 0 aliphatic rings. The smallest absolute Gasteiger partial charge is 0.302 e. The van der Waals surface area contributed by atoms with Crippen molar-refractivity contribution in [2.45, 2.75) is 52.5 Å². The van der Waals surface area contributed by atoms with Gasteiger partial charge in [-0.05, 0) is 42.5 Å². The third kappa shape index (κ3) is 7.54. The van der Waals surface area contributed by atoms with Crippen LogP contribution in [-0.2, 0) is 14.3 Å². The molecule has 1 amide bonds. The fourth-order valence-electron chi connectivity index (χ4n) is 3.22. The molecular weight excluding hydrogens is 378 g/mol. The summed E-state index contributed by atoms with van der Waals surface area (Å²) in [6, 6.07) is 16.8. The van der Waals surface area contributed by atoms with Crippen LogP contribution < -0.4 is 10.1 Å². The Morgan fingerprint density at radius 3 is 2.20 bits per heavy atom. The quantitative estimate of drug-likeness (QED) is 0.527. The molecule has 0 fully saturated rings. The van der Waals surface area contributed by atoms with Crippen LogP contribution in [0.25, 0.3) is 0 Å². The summed E-state index contributed by atoms with van der Waals surface area (Å²) in [5.41, 5.74) is 1.80. The number of carbonyl (C=O) groups is 2. The van der Waals surface area contributed by atoms with Gasteiger partial charge in [-0.1, -0.05) is 62.7 Å². The number of carbonyl (C=O) groups excluding carboxylic acids is 2. The molecule has 0 radical (unpaired) electrons. The summed E-state index contributed by atoms with van der Waals surface area (Å²) in [4.78, 5) is 24.1. The van der Waals surface area contributed by atoms with E-state index in [-0.39, 0.29) is 24.4 Å². The molecule has 0 saturated heterocycles. The highest BCUT2D eigenvalue weighted by atomic mass is 16.5. The van der Waals surface area contributed by atoms with Crippen LogP contribution in [0.5, 0.6) is 5.75 Å². The van der Waals surface area contributed by atoms with Gasteiger partial charge in [0.05, 0.1) is 18.6 Å². The molecule has 0 aliphatic carbocycles. The maximum atomic E-state index is 12.8. The fourth-order valence-corrected chi connectivity index (χ4v) is 3.22. The number of nitrogens with one attached hydrogen (secondary N) is 1. The molecule has 0 bridgehead atoms. The van der Waals surface area contributed by atoms with Crippen LogP contribution in [0, 0.1) is 5.92 Å². The number of amides is 1. The second kappa shape index (κ2) is 12.0. The average molecular weight is 412 g/mol. The van der Waals surface area contributed by atoms with E-state index in [0.29, 0.717) is 12.5 Å². The Balaban J connectivity index is 2.06. The highest BCUT2D eigenvalue weighted by Crippen LogP contribution is 2.22. The van der Waals surface area contributed by atoms with E-state index in [1.165, 1.54) is 6.92 Å². The van der Waals surface area contributed by atoms with Gasteiger partial charge in [0.25, 0.3) is 0 Å². The third-order valence-corrected chi connectivity index (χ3v) is 5.06. The Morgan fingerprint density at radius 2 is 1.60 bits per heavy atom. The number of hydrogen-bond acceptors (Lipinski definition) is 4. The lowest BCUT2D eigenvalue weighted by Crippen LogP contribution is -2.34. The van der Waals surface area contributed by atoms with Crippen LogP contribution >= 0.6 is 0 Å². The van der Waals surface area contributed by atoms with Crippen LogP contribution in [0.3, 0.4) is 0 Å². The molecule has 3 atom stereocenters. The largest absolute Gasteiger partial charge is 0.493 e. The van der Waals surface area contributed by atoms with Gasteiger partial charge < -0.3 is 14.8 Å². The van der Waals surface area contributed by atoms with Crippen molar-refractivity contribution in [3.8, 4) is 5.75 Å². The Morgan fingerprint density at radius 1 is 0.933 bits per heavy atom. The van der Waals surface area contributed by atoms with Crippen LogP contribution in [0.1, 0.15) is 63.6 Å². The van der Waals surface area contributed by atoms with Gasteiger partial charge in [0.2, 0.25) is 5.91 Å². The topological polar surface area (TPSA) is 64.6 Å². The minimum absolute atomic E-state index is 0.0797. The summed E-state index contributed by atoms with van der Waals surface area (Å²) in [7, 11) is 0. The van der Waals surface area contributed by atoms with Crippen molar-refractivity contribution in [2.24, 2.45) is 5.92 Å². The van der Waals surface area contributed by atoms with Crippen molar-refractivity contribution in [1.82, 2.24) is 5.32 Å². The van der Waals surface area contributed by atoms with Gasteiger partial charge in [-0.15, -0.1) is 0 Å². The summed E-state index contributed by atoms with van der Waals surface area (Å²) in [6.07, 6.45) is 2.27. The Kier molecular flexibility index (Phi) is 9.39. The van der Waals surface area contributed by atoms with E-state index in [1.54, 1.807) is 0 Å². The van der Waals surface area contributed by atoms with E-state index < -0.39 is 6.04 Å². The number of esters is 1. The highest BCUT2D eigenvalue weighted by Gasteiger charge is 2.21. The zero-order chi connectivity index (χ0) is 21.9. The predicted octanol–water partition coefficient (Wildman–Crippen LogP) is 5.03. The molecule has 2 rings (SSSR count). The van der Waals surface area contributed by atoms with Crippen LogP contribution in [-0.4, -0.2) is 25.1 Å². The van der Waals surface area contributed by atoms with Gasteiger partial charge in [0.1, 0.15) is 12.4 Å². The molecule has 1 N–H and O–H groups in total. The molecule has 162 valence electrons. The first kappa shape index (κ1) is 23.5. The van der Waals surface area contributed by atoms with Gasteiger partial charge in [-0.25, -0.2) is 0 Å². The van der Waals surface area contributed by atoms with Gasteiger partial charge in [-0.2, -0.15) is 0 Å². The number of benzene rings is 2. The normalized spacial score (nSPS) is 13.7. The minimum Gasteiger partial charge on any atom is -0.493 e. The highest BCUT2D eigenvalue weighted by molar-refractivity contribution is 5.83. The molecule has 1 unspecified atom stereocenters. The monoisotopic (exact) mass is 411 g/mol. The van der Waals surface area contributed by atoms with Crippen LogP contribution in [0.15, 0.2) is 54.6 Å². The second-order valence-electron chi connectivity index (χ2n) is 7.77. The SMILES string of the molecule is CCCC(C)COc1ccc([C@@H](COC(C)=O)NC(=O)[C@@H](C)c2ccccc2)cc1. The van der Waals surface area contributed by atoms with Crippen molar-refractivity contribution in [1.29, 1.82) is 0 Å². The maximum absolute atomic E-state index is 12.8. The summed E-state index contributed by atoms with van der Waals surface area (Å²) in [6.45, 7) is 8.32. The van der Waals surface area contributed by atoms with E-state index in [2.05, 4.69) is 19.2 Å². The summed E-state index contributed by atoms with van der Waals surface area (Å²) in [5.74, 6) is 0.484. The second-order valence-corrected chi connectivity index (χ2v) is 7.77. The fraction of sp³-hybridized carbons (Fsp3) is 0.440. The first-order valence-electron chi connectivity index (χ1n) is 10.6. The third-order valence-electron chi connectivity index (χ3n) is 5.06. The lowest BCUT2D eigenvalue weighted by molar-refractivity contribution is -0.142. The molecular formula is C25H33NO4. The number of ether oxygens (including phenoxy) is 2. The van der Waals surface area contributed by atoms with Crippen molar-refractivity contribution >= 4 is 11.9 Å². The zero-order valence-electron chi connectivity index (χ0n) is 18.4. The van der Waals surface area contributed by atoms with Gasteiger partial charge >= 0.3 is 5.97 Å². The minimum atomic E-state index is -0.430. The lowest BCUT2D eigenvalue weighted by Gasteiger charge is -2.22. The summed E-state index contributed by atoms with van der Waals surface area (Å²) < 4.78 is 11.1. The summed E-state index contributed by atoms with van der Waals surface area (Å²) >= 11 is 0. The average Bonchev–Trinajstić information content (AvgIpc) is 2.75. The van der Waals surface area contributed by atoms with E-state index in [4.69, 9.17) is 9.47 Å². The van der Waals surface area contributed by atoms with Crippen molar-refractivity contribution in [3.05, 3.63) is 65.7 Å². The Hall–Kier alpha value is -2.82. The van der Waals surface area contributed by atoms with E-state index in [1.807, 2.05) is 61.5 Å². The Labute approximate surface area is 179 Å². The first-order valence-corrected chi connectivity index (χ1v) is 10.6. The van der Waals surface area contributed by atoms with Gasteiger partial charge in [-0.3, -0.25) is 9.59 Å². The molecule has 2 aromatic rings. The van der Waals surface area contributed by atoms with Gasteiger partial charge in [0.15, 0.2) is 0 Å². The lowest BCUT2D eigenvalue weighted by atomic mass is 9.99. The Bertz CT molecular complexity index is 789. The molecule has 0 aromatic heterocycles. The van der Waals surface area contributed by atoms with Crippen LogP contribution in [0.4, 0.5) is 0 Å². The zero-order valence-corrected chi connectivity index (χ0v) is 18.4. The number of rotatable bonds is 11. The number of hydrogen-bond donors (Lipinski definition) is 1. The predicted molar refractivity (Wildman–Crippen MR) is 118 cm³/mol. The molecule has 5 nitrogen and oxygen atoms in total. The van der Waals surface area contributed by atoms with Crippen LogP contribution in [0.2, 0.25) is 0 Å². The first-order chi connectivity index (χ1) is 14.4. The van der Waals surface area contributed by atoms with Crippen molar-refractivity contribution in [3.63, 3.8) is 0 Å². The molecule has 0 saturated carbocycles. The van der Waals surface area contributed by atoms with E-state index in [0.717, 1.165) is 29.7 Å².